The fraction of sp³-hybridized carbons (Fsp3) is 0.333. The lowest BCUT2D eigenvalue weighted by Gasteiger charge is -2.32. The first-order valence-electron chi connectivity index (χ1n) is 10.8. The summed E-state index contributed by atoms with van der Waals surface area (Å²) in [7, 11) is 2.15. The van der Waals surface area contributed by atoms with Crippen molar-refractivity contribution in [3.8, 4) is 16.9 Å². The van der Waals surface area contributed by atoms with Gasteiger partial charge >= 0.3 is 0 Å². The minimum atomic E-state index is -0.123. The number of aromatic nitrogens is 1. The third-order valence-corrected chi connectivity index (χ3v) is 6.97. The number of nitrogens with zero attached hydrogens (tertiary/aromatic N) is 3. The van der Waals surface area contributed by atoms with Crippen LogP contribution in [-0.2, 0) is 11.2 Å². The van der Waals surface area contributed by atoms with Crippen molar-refractivity contribution < 1.29 is 9.53 Å². The number of hydrogen-bond acceptors (Lipinski definition) is 6. The van der Waals surface area contributed by atoms with Crippen molar-refractivity contribution >= 4 is 45.4 Å². The predicted octanol–water partition coefficient (Wildman–Crippen LogP) is 4.92. The van der Waals surface area contributed by atoms with Gasteiger partial charge in [-0.3, -0.25) is 9.69 Å². The molecule has 33 heavy (non-hydrogen) atoms. The molecule has 0 saturated carbocycles. The second kappa shape index (κ2) is 11.3. The molecule has 3 heterocycles. The van der Waals surface area contributed by atoms with Crippen molar-refractivity contribution in [3.05, 3.63) is 63.7 Å². The molecule has 1 aromatic carbocycles. The molecule has 3 aromatic rings. The molecular formula is C24H26Cl2N4O2S. The van der Waals surface area contributed by atoms with Gasteiger partial charge in [0.2, 0.25) is 5.91 Å². The van der Waals surface area contributed by atoms with E-state index in [0.717, 1.165) is 60.2 Å². The van der Waals surface area contributed by atoms with Gasteiger partial charge in [-0.25, -0.2) is 4.98 Å². The highest BCUT2D eigenvalue weighted by Crippen LogP contribution is 2.30. The average Bonchev–Trinajstić information content (AvgIpc) is 3.25. The van der Waals surface area contributed by atoms with Gasteiger partial charge < -0.3 is 15.0 Å². The first-order chi connectivity index (χ1) is 16.0. The molecule has 0 radical (unpaired) electrons. The summed E-state index contributed by atoms with van der Waals surface area (Å²) in [6.45, 7) is 5.82. The molecule has 1 aliphatic heterocycles. The molecule has 1 aliphatic rings. The van der Waals surface area contributed by atoms with Gasteiger partial charge in [0.1, 0.15) is 17.5 Å². The summed E-state index contributed by atoms with van der Waals surface area (Å²) in [5, 5.41) is 6.65. The van der Waals surface area contributed by atoms with Gasteiger partial charge in [-0.05, 0) is 54.1 Å². The molecule has 1 N–H and O–H groups in total. The van der Waals surface area contributed by atoms with Crippen molar-refractivity contribution in [1.82, 2.24) is 14.8 Å². The highest BCUT2D eigenvalue weighted by atomic mass is 35.5. The third kappa shape index (κ3) is 6.91. The number of hydrogen-bond donors (Lipinski definition) is 1. The van der Waals surface area contributed by atoms with E-state index in [1.165, 1.54) is 11.3 Å². The van der Waals surface area contributed by atoms with Crippen LogP contribution in [0.5, 0.6) is 5.75 Å². The molecule has 0 spiro atoms. The second-order valence-electron chi connectivity index (χ2n) is 8.04. The SMILES string of the molecule is CN1CCN(CCOc2ccc(CC(=O)Nc3cc(-c4ccnc(Cl)c4)cs3)c(Cl)c2)CC1. The summed E-state index contributed by atoms with van der Waals surface area (Å²) >= 11 is 13.9. The minimum absolute atomic E-state index is 0.123. The zero-order valence-corrected chi connectivity index (χ0v) is 20.7. The van der Waals surface area contributed by atoms with Crippen LogP contribution in [0, 0.1) is 0 Å². The van der Waals surface area contributed by atoms with Crippen LogP contribution in [0.2, 0.25) is 10.2 Å². The first kappa shape index (κ1) is 24.0. The number of halogens is 2. The van der Waals surface area contributed by atoms with Gasteiger partial charge in [0.15, 0.2) is 0 Å². The molecule has 4 rings (SSSR count). The lowest BCUT2D eigenvalue weighted by molar-refractivity contribution is -0.115. The highest BCUT2D eigenvalue weighted by molar-refractivity contribution is 7.14. The number of piperazine rings is 1. The average molecular weight is 505 g/mol. The number of anilines is 1. The Labute approximate surface area is 208 Å². The Bertz CT molecular complexity index is 1100. The number of carbonyl (C=O) groups excluding carboxylic acids is 1. The van der Waals surface area contributed by atoms with Crippen LogP contribution in [0.15, 0.2) is 48.0 Å². The summed E-state index contributed by atoms with van der Waals surface area (Å²) in [6, 6.07) is 11.1. The highest BCUT2D eigenvalue weighted by Gasteiger charge is 2.14. The topological polar surface area (TPSA) is 57.7 Å². The maximum absolute atomic E-state index is 12.6. The standard InChI is InChI=1S/C24H26Cl2N4O2S/c1-29-6-8-30(9-7-29)10-11-32-20-3-2-18(21(25)15-20)13-23(31)28-24-14-19(16-33-24)17-4-5-27-22(26)12-17/h2-5,12,14-16H,6-11,13H2,1H3,(H,28,31). The van der Waals surface area contributed by atoms with E-state index in [0.29, 0.717) is 16.8 Å². The quantitative estimate of drug-likeness (QED) is 0.441. The Hall–Kier alpha value is -2.16. The van der Waals surface area contributed by atoms with E-state index in [4.69, 9.17) is 27.9 Å². The number of pyridine rings is 1. The Kier molecular flexibility index (Phi) is 8.22. The van der Waals surface area contributed by atoms with E-state index in [1.807, 2.05) is 29.6 Å². The summed E-state index contributed by atoms with van der Waals surface area (Å²) in [6.07, 6.45) is 1.85. The zero-order chi connectivity index (χ0) is 23.2. The molecule has 0 aliphatic carbocycles. The molecule has 1 saturated heterocycles. The number of ether oxygens (including phenoxy) is 1. The van der Waals surface area contributed by atoms with Crippen LogP contribution in [0.25, 0.3) is 11.1 Å². The molecule has 0 unspecified atom stereocenters. The normalized spacial score (nSPS) is 14.9. The fourth-order valence-corrected chi connectivity index (χ4v) is 4.85. The smallest absolute Gasteiger partial charge is 0.229 e. The minimum Gasteiger partial charge on any atom is -0.492 e. The zero-order valence-electron chi connectivity index (χ0n) is 18.4. The number of rotatable bonds is 8. The Balaban J connectivity index is 1.27. The van der Waals surface area contributed by atoms with Crippen molar-refractivity contribution in [2.75, 3.05) is 51.7 Å². The van der Waals surface area contributed by atoms with Gasteiger partial charge in [-0.1, -0.05) is 29.3 Å². The lowest BCUT2D eigenvalue weighted by Crippen LogP contribution is -2.45. The lowest BCUT2D eigenvalue weighted by atomic mass is 10.1. The summed E-state index contributed by atoms with van der Waals surface area (Å²) < 4.78 is 5.87. The second-order valence-corrected chi connectivity index (χ2v) is 9.74. The number of thiophene rings is 1. The first-order valence-corrected chi connectivity index (χ1v) is 12.4. The number of amides is 1. The number of carbonyl (C=O) groups is 1. The number of likely N-dealkylation sites (N-methyl/N-ethyl adjacent to an activating group) is 1. The molecular weight excluding hydrogens is 479 g/mol. The Morgan fingerprint density at radius 2 is 1.94 bits per heavy atom. The molecule has 174 valence electrons. The van der Waals surface area contributed by atoms with E-state index in [2.05, 4.69) is 27.1 Å². The maximum Gasteiger partial charge on any atom is 0.229 e. The molecule has 1 amide bonds. The van der Waals surface area contributed by atoms with E-state index in [9.17, 15) is 4.79 Å². The van der Waals surface area contributed by atoms with Crippen molar-refractivity contribution in [3.63, 3.8) is 0 Å². The van der Waals surface area contributed by atoms with Gasteiger partial charge in [0.05, 0.1) is 11.4 Å². The van der Waals surface area contributed by atoms with Crippen LogP contribution >= 0.6 is 34.5 Å². The Morgan fingerprint density at radius 1 is 1.12 bits per heavy atom. The fourth-order valence-electron chi connectivity index (χ4n) is 3.62. The van der Waals surface area contributed by atoms with Crippen molar-refractivity contribution in [1.29, 1.82) is 0 Å². The van der Waals surface area contributed by atoms with Crippen LogP contribution in [0.1, 0.15) is 5.56 Å². The van der Waals surface area contributed by atoms with Gasteiger partial charge in [0, 0.05) is 49.3 Å². The molecule has 2 aromatic heterocycles. The monoisotopic (exact) mass is 504 g/mol. The van der Waals surface area contributed by atoms with Crippen molar-refractivity contribution in [2.45, 2.75) is 6.42 Å². The summed E-state index contributed by atoms with van der Waals surface area (Å²) in [4.78, 5) is 21.3. The van der Waals surface area contributed by atoms with Gasteiger partial charge in [-0.15, -0.1) is 11.3 Å². The number of benzene rings is 1. The molecule has 0 atom stereocenters. The molecule has 6 nitrogen and oxygen atoms in total. The molecule has 1 fully saturated rings. The maximum atomic E-state index is 12.6. The van der Waals surface area contributed by atoms with E-state index in [1.54, 1.807) is 18.3 Å². The summed E-state index contributed by atoms with van der Waals surface area (Å²) in [5.41, 5.74) is 2.70. The third-order valence-electron chi connectivity index (χ3n) is 5.57. The van der Waals surface area contributed by atoms with Crippen LogP contribution in [0.4, 0.5) is 5.00 Å². The summed E-state index contributed by atoms with van der Waals surface area (Å²) in [5.74, 6) is 0.596. The van der Waals surface area contributed by atoms with Gasteiger partial charge in [0.25, 0.3) is 0 Å². The van der Waals surface area contributed by atoms with Crippen LogP contribution in [0.3, 0.4) is 0 Å². The van der Waals surface area contributed by atoms with Gasteiger partial charge in [-0.2, -0.15) is 0 Å². The molecule has 0 bridgehead atoms. The van der Waals surface area contributed by atoms with E-state index < -0.39 is 0 Å². The van der Waals surface area contributed by atoms with Crippen LogP contribution in [-0.4, -0.2) is 67.1 Å². The Morgan fingerprint density at radius 3 is 2.70 bits per heavy atom. The number of nitrogens with one attached hydrogen (secondary N) is 1. The molecule has 9 heteroatoms. The van der Waals surface area contributed by atoms with Crippen molar-refractivity contribution in [2.24, 2.45) is 0 Å². The largest absolute Gasteiger partial charge is 0.492 e. The van der Waals surface area contributed by atoms with E-state index in [-0.39, 0.29) is 12.3 Å². The van der Waals surface area contributed by atoms with E-state index >= 15 is 0 Å². The predicted molar refractivity (Wildman–Crippen MR) is 136 cm³/mol. The van der Waals surface area contributed by atoms with Crippen LogP contribution < -0.4 is 10.1 Å².